The Kier molecular flexibility index (Phi) is 5.52. The van der Waals surface area contributed by atoms with Crippen molar-refractivity contribution in [3.05, 3.63) is 35.4 Å². The third-order valence-corrected chi connectivity index (χ3v) is 2.96. The standard InChI is InChI=1S/C14H20N2O4/c1-8-4-6-11(7-5-8)9(2)15-14(20)16-12(10(3)17)13(18)19/h4-7,9-10,12,17H,1-3H3,(H,18,19)(H2,15,16,20). The summed E-state index contributed by atoms with van der Waals surface area (Å²) in [4.78, 5) is 22.6. The monoisotopic (exact) mass is 280 g/mol. The molecule has 0 aromatic heterocycles. The van der Waals surface area contributed by atoms with Gasteiger partial charge in [0.05, 0.1) is 12.1 Å². The Hall–Kier alpha value is -2.08. The van der Waals surface area contributed by atoms with E-state index in [9.17, 15) is 14.7 Å². The van der Waals surface area contributed by atoms with Crippen LogP contribution in [0.4, 0.5) is 4.79 Å². The molecule has 110 valence electrons. The van der Waals surface area contributed by atoms with Gasteiger partial charge in [-0.15, -0.1) is 0 Å². The molecule has 20 heavy (non-hydrogen) atoms. The van der Waals surface area contributed by atoms with Crippen LogP contribution in [0.3, 0.4) is 0 Å². The smallest absolute Gasteiger partial charge is 0.328 e. The number of carbonyl (C=O) groups excluding carboxylic acids is 1. The first kappa shape index (κ1) is 16.0. The largest absolute Gasteiger partial charge is 0.480 e. The number of benzene rings is 1. The highest BCUT2D eigenvalue weighted by Crippen LogP contribution is 2.12. The van der Waals surface area contributed by atoms with E-state index in [2.05, 4.69) is 10.6 Å². The summed E-state index contributed by atoms with van der Waals surface area (Å²) in [6.45, 7) is 5.07. The maximum atomic E-state index is 11.7. The normalized spacial score (nSPS) is 15.0. The van der Waals surface area contributed by atoms with E-state index in [1.807, 2.05) is 31.2 Å². The van der Waals surface area contributed by atoms with Crippen LogP contribution in [0.25, 0.3) is 0 Å². The van der Waals surface area contributed by atoms with E-state index in [1.165, 1.54) is 6.92 Å². The molecule has 0 fully saturated rings. The zero-order valence-corrected chi connectivity index (χ0v) is 11.8. The third-order valence-electron chi connectivity index (χ3n) is 2.96. The Balaban J connectivity index is 2.61. The summed E-state index contributed by atoms with van der Waals surface area (Å²) in [7, 11) is 0. The second-order valence-corrected chi connectivity index (χ2v) is 4.81. The van der Waals surface area contributed by atoms with Crippen LogP contribution >= 0.6 is 0 Å². The molecule has 0 saturated heterocycles. The molecule has 6 heteroatoms. The number of carboxylic acid groups (broad SMARTS) is 1. The maximum Gasteiger partial charge on any atom is 0.328 e. The van der Waals surface area contributed by atoms with Crippen molar-refractivity contribution < 1.29 is 19.8 Å². The van der Waals surface area contributed by atoms with Gasteiger partial charge in [-0.25, -0.2) is 9.59 Å². The number of amides is 2. The van der Waals surface area contributed by atoms with Crippen LogP contribution in [0.2, 0.25) is 0 Å². The van der Waals surface area contributed by atoms with Crippen molar-refractivity contribution in [2.45, 2.75) is 39.0 Å². The Bertz CT molecular complexity index is 471. The molecule has 0 aliphatic rings. The predicted molar refractivity (Wildman–Crippen MR) is 74.4 cm³/mol. The van der Waals surface area contributed by atoms with Gasteiger partial charge in [0.1, 0.15) is 0 Å². The van der Waals surface area contributed by atoms with Gasteiger partial charge >= 0.3 is 12.0 Å². The molecule has 0 heterocycles. The van der Waals surface area contributed by atoms with Gasteiger partial charge in [-0.1, -0.05) is 29.8 Å². The lowest BCUT2D eigenvalue weighted by molar-refractivity contribution is -0.141. The number of hydrogen-bond donors (Lipinski definition) is 4. The predicted octanol–water partition coefficient (Wildman–Crippen LogP) is 1.19. The lowest BCUT2D eigenvalue weighted by Crippen LogP contribution is -2.51. The van der Waals surface area contributed by atoms with Crippen LogP contribution in [0.1, 0.15) is 31.0 Å². The van der Waals surface area contributed by atoms with Gasteiger partial charge in [0.2, 0.25) is 0 Å². The lowest BCUT2D eigenvalue weighted by atomic mass is 10.1. The van der Waals surface area contributed by atoms with Crippen LogP contribution in [-0.2, 0) is 4.79 Å². The van der Waals surface area contributed by atoms with E-state index >= 15 is 0 Å². The van der Waals surface area contributed by atoms with Crippen LogP contribution < -0.4 is 10.6 Å². The molecule has 0 spiro atoms. The third kappa shape index (κ3) is 4.55. The highest BCUT2D eigenvalue weighted by Gasteiger charge is 2.25. The van der Waals surface area contributed by atoms with Crippen LogP contribution in [0, 0.1) is 6.92 Å². The molecule has 2 amide bonds. The molecule has 1 aromatic carbocycles. The number of aliphatic carboxylic acids is 1. The number of aliphatic hydroxyl groups excluding tert-OH is 1. The Morgan fingerprint density at radius 2 is 1.65 bits per heavy atom. The van der Waals surface area contributed by atoms with Crippen LogP contribution in [0.15, 0.2) is 24.3 Å². The Morgan fingerprint density at radius 1 is 1.10 bits per heavy atom. The minimum Gasteiger partial charge on any atom is -0.480 e. The highest BCUT2D eigenvalue weighted by atomic mass is 16.4. The van der Waals surface area contributed by atoms with Gasteiger partial charge in [0.25, 0.3) is 0 Å². The Labute approximate surface area is 117 Å². The number of carbonyl (C=O) groups is 2. The van der Waals surface area contributed by atoms with Gasteiger partial charge in [0.15, 0.2) is 6.04 Å². The maximum absolute atomic E-state index is 11.7. The van der Waals surface area contributed by atoms with E-state index in [0.29, 0.717) is 0 Å². The summed E-state index contributed by atoms with van der Waals surface area (Å²) in [5.74, 6) is -1.28. The first-order valence-electron chi connectivity index (χ1n) is 6.35. The summed E-state index contributed by atoms with van der Waals surface area (Å²) in [6, 6.07) is 5.42. The number of nitrogens with one attached hydrogen (secondary N) is 2. The summed E-state index contributed by atoms with van der Waals surface area (Å²) in [6.07, 6.45) is -1.17. The molecule has 0 bridgehead atoms. The van der Waals surface area contributed by atoms with Crippen molar-refractivity contribution in [2.24, 2.45) is 0 Å². The first-order valence-corrected chi connectivity index (χ1v) is 6.35. The molecule has 0 aliphatic carbocycles. The van der Waals surface area contributed by atoms with E-state index in [1.54, 1.807) is 6.92 Å². The number of hydrogen-bond acceptors (Lipinski definition) is 3. The average Bonchev–Trinajstić information content (AvgIpc) is 2.35. The molecule has 3 atom stereocenters. The number of aliphatic hydroxyl groups is 1. The minimum absolute atomic E-state index is 0.265. The molecule has 0 saturated carbocycles. The lowest BCUT2D eigenvalue weighted by Gasteiger charge is -2.20. The SMILES string of the molecule is Cc1ccc(C(C)NC(=O)NC(C(=O)O)C(C)O)cc1. The minimum atomic E-state index is -1.33. The molecule has 3 unspecified atom stereocenters. The van der Waals surface area contributed by atoms with Crippen molar-refractivity contribution >= 4 is 12.0 Å². The summed E-state index contributed by atoms with van der Waals surface area (Å²) >= 11 is 0. The molecule has 1 aromatic rings. The van der Waals surface area contributed by atoms with E-state index in [4.69, 9.17) is 5.11 Å². The number of rotatable bonds is 5. The van der Waals surface area contributed by atoms with Crippen molar-refractivity contribution in [3.63, 3.8) is 0 Å². The second-order valence-electron chi connectivity index (χ2n) is 4.81. The fraction of sp³-hybridized carbons (Fsp3) is 0.429. The molecule has 4 N–H and O–H groups in total. The van der Waals surface area contributed by atoms with Gasteiger partial charge in [-0.05, 0) is 26.3 Å². The molecular weight excluding hydrogens is 260 g/mol. The summed E-state index contributed by atoms with van der Waals surface area (Å²) < 4.78 is 0. The van der Waals surface area contributed by atoms with Gasteiger partial charge in [-0.2, -0.15) is 0 Å². The summed E-state index contributed by atoms with van der Waals surface area (Å²) in [5, 5.41) is 23.0. The fourth-order valence-electron chi connectivity index (χ4n) is 1.71. The second kappa shape index (κ2) is 6.91. The molecule has 0 aliphatic heterocycles. The van der Waals surface area contributed by atoms with E-state index in [-0.39, 0.29) is 6.04 Å². The first-order chi connectivity index (χ1) is 9.31. The van der Waals surface area contributed by atoms with Crippen LogP contribution in [-0.4, -0.2) is 34.4 Å². The van der Waals surface area contributed by atoms with Gasteiger partial charge in [0, 0.05) is 0 Å². The topological polar surface area (TPSA) is 98.7 Å². The van der Waals surface area contributed by atoms with Crippen molar-refractivity contribution in [1.29, 1.82) is 0 Å². The van der Waals surface area contributed by atoms with Crippen molar-refractivity contribution in [3.8, 4) is 0 Å². The molecule has 0 radical (unpaired) electrons. The van der Waals surface area contributed by atoms with E-state index in [0.717, 1.165) is 11.1 Å². The quantitative estimate of drug-likeness (QED) is 0.651. The Morgan fingerprint density at radius 3 is 2.10 bits per heavy atom. The number of aryl methyl sites for hydroxylation is 1. The summed E-state index contributed by atoms with van der Waals surface area (Å²) in [5.41, 5.74) is 2.03. The average molecular weight is 280 g/mol. The molecule has 1 rings (SSSR count). The zero-order chi connectivity index (χ0) is 15.3. The van der Waals surface area contributed by atoms with Crippen LogP contribution in [0.5, 0.6) is 0 Å². The highest BCUT2D eigenvalue weighted by molar-refractivity contribution is 5.83. The molecule has 6 nitrogen and oxygen atoms in total. The zero-order valence-electron chi connectivity index (χ0n) is 11.8. The number of urea groups is 1. The number of carboxylic acids is 1. The molecular formula is C14H20N2O4. The van der Waals surface area contributed by atoms with Crippen molar-refractivity contribution in [1.82, 2.24) is 10.6 Å². The van der Waals surface area contributed by atoms with Gasteiger partial charge in [-0.3, -0.25) is 0 Å². The van der Waals surface area contributed by atoms with E-state index < -0.39 is 24.1 Å². The van der Waals surface area contributed by atoms with Crippen molar-refractivity contribution in [2.75, 3.05) is 0 Å². The van der Waals surface area contributed by atoms with Gasteiger partial charge < -0.3 is 20.8 Å². The fourth-order valence-corrected chi connectivity index (χ4v) is 1.71.